The molecule has 0 unspecified atom stereocenters. The minimum absolute atomic E-state index is 0.0623. The predicted octanol–water partition coefficient (Wildman–Crippen LogP) is 4.05. The van der Waals surface area contributed by atoms with E-state index in [2.05, 4.69) is 26.1 Å². The molecule has 1 saturated heterocycles. The summed E-state index contributed by atoms with van der Waals surface area (Å²) in [6, 6.07) is 7.54. The Kier molecular flexibility index (Phi) is 6.90. The molecule has 1 fully saturated rings. The lowest BCUT2D eigenvalue weighted by Crippen LogP contribution is -2.31. The van der Waals surface area contributed by atoms with Gasteiger partial charge in [0.25, 0.3) is 0 Å². The normalized spacial score (nSPS) is 16.1. The molecule has 128 valence electrons. The van der Waals surface area contributed by atoms with E-state index >= 15 is 0 Å². The molecular formula is C18H27BrN2O2. The summed E-state index contributed by atoms with van der Waals surface area (Å²) in [4.78, 5) is 14.4. The number of hydrogen-bond donors (Lipinski definition) is 1. The van der Waals surface area contributed by atoms with Crippen molar-refractivity contribution >= 4 is 27.5 Å². The second kappa shape index (κ2) is 8.69. The molecule has 1 aliphatic heterocycles. The summed E-state index contributed by atoms with van der Waals surface area (Å²) in [7, 11) is 0. The Hall–Kier alpha value is -1.07. The monoisotopic (exact) mass is 382 g/mol. The van der Waals surface area contributed by atoms with Crippen LogP contribution in [0.5, 0.6) is 5.75 Å². The van der Waals surface area contributed by atoms with Crippen LogP contribution < -0.4 is 10.1 Å². The van der Waals surface area contributed by atoms with Crippen molar-refractivity contribution in [2.24, 2.45) is 0 Å². The third-order valence-electron chi connectivity index (χ3n) is 3.99. The number of amides is 1. The van der Waals surface area contributed by atoms with Crippen molar-refractivity contribution in [2.75, 3.05) is 31.6 Å². The smallest absolute Gasteiger partial charge is 0.240 e. The average molecular weight is 383 g/mol. The minimum Gasteiger partial charge on any atom is -0.494 e. The van der Waals surface area contributed by atoms with Crippen LogP contribution in [-0.4, -0.2) is 41.4 Å². The maximum atomic E-state index is 11.9. The van der Waals surface area contributed by atoms with Crippen molar-refractivity contribution in [1.29, 1.82) is 0 Å². The summed E-state index contributed by atoms with van der Waals surface area (Å²) in [5.74, 6) is 0.785. The van der Waals surface area contributed by atoms with Gasteiger partial charge in [-0.05, 0) is 70.5 Å². The van der Waals surface area contributed by atoms with Crippen LogP contribution in [0.4, 0.5) is 5.69 Å². The van der Waals surface area contributed by atoms with Gasteiger partial charge in [-0.1, -0.05) is 22.4 Å². The van der Waals surface area contributed by atoms with Gasteiger partial charge in [-0.25, -0.2) is 0 Å². The Balaban J connectivity index is 1.69. The summed E-state index contributed by atoms with van der Waals surface area (Å²) in [5.41, 5.74) is 0.781. The zero-order chi connectivity index (χ0) is 16.7. The van der Waals surface area contributed by atoms with Crippen LogP contribution >= 0.6 is 15.9 Å². The number of alkyl halides is 1. The molecule has 1 aliphatic rings. The first-order valence-electron chi connectivity index (χ1n) is 8.41. The highest BCUT2D eigenvalue weighted by Crippen LogP contribution is 2.21. The maximum absolute atomic E-state index is 11.9. The van der Waals surface area contributed by atoms with E-state index < -0.39 is 4.32 Å². The van der Waals surface area contributed by atoms with Crippen LogP contribution in [0.2, 0.25) is 0 Å². The van der Waals surface area contributed by atoms with E-state index in [-0.39, 0.29) is 5.91 Å². The highest BCUT2D eigenvalue weighted by Gasteiger charge is 2.23. The van der Waals surface area contributed by atoms with Gasteiger partial charge < -0.3 is 15.0 Å². The highest BCUT2D eigenvalue weighted by molar-refractivity contribution is 9.10. The van der Waals surface area contributed by atoms with Crippen molar-refractivity contribution in [2.45, 2.75) is 43.9 Å². The number of nitrogens with zero attached hydrogens (tertiary/aromatic N) is 1. The molecule has 0 bridgehead atoms. The van der Waals surface area contributed by atoms with Crippen molar-refractivity contribution in [3.05, 3.63) is 24.3 Å². The summed E-state index contributed by atoms with van der Waals surface area (Å²) in [6.45, 7) is 7.96. The predicted molar refractivity (Wildman–Crippen MR) is 98.5 cm³/mol. The minimum atomic E-state index is -0.573. The number of likely N-dealkylation sites (tertiary alicyclic amines) is 1. The van der Waals surface area contributed by atoms with E-state index in [0.717, 1.165) is 31.0 Å². The number of piperidine rings is 1. The number of nitrogens with one attached hydrogen (secondary N) is 1. The van der Waals surface area contributed by atoms with Crippen LogP contribution in [-0.2, 0) is 4.79 Å². The molecule has 23 heavy (non-hydrogen) atoms. The number of halogens is 1. The van der Waals surface area contributed by atoms with Gasteiger partial charge in [-0.3, -0.25) is 4.79 Å². The molecule has 0 saturated carbocycles. The molecule has 1 aromatic carbocycles. The van der Waals surface area contributed by atoms with Crippen LogP contribution in [0.1, 0.15) is 39.5 Å². The molecule has 5 heteroatoms. The largest absolute Gasteiger partial charge is 0.494 e. The Morgan fingerprint density at radius 1 is 1.22 bits per heavy atom. The molecular weight excluding hydrogens is 356 g/mol. The standard InChI is InChI=1S/C18H27BrN2O2/c1-18(2,19)17(22)20-15-7-9-16(10-8-15)23-14-6-13-21-11-4-3-5-12-21/h7-10H,3-6,11-14H2,1-2H3,(H,20,22). The lowest BCUT2D eigenvalue weighted by molar-refractivity contribution is -0.117. The van der Waals surface area contributed by atoms with E-state index in [1.807, 2.05) is 38.1 Å². The van der Waals surface area contributed by atoms with E-state index in [9.17, 15) is 4.79 Å². The van der Waals surface area contributed by atoms with E-state index in [4.69, 9.17) is 4.74 Å². The number of carbonyl (C=O) groups is 1. The first kappa shape index (κ1) is 18.3. The van der Waals surface area contributed by atoms with Crippen LogP contribution in [0, 0.1) is 0 Å². The van der Waals surface area contributed by atoms with Crippen molar-refractivity contribution in [3.63, 3.8) is 0 Å². The van der Waals surface area contributed by atoms with Crippen LogP contribution in [0.3, 0.4) is 0 Å². The highest BCUT2D eigenvalue weighted by atomic mass is 79.9. The van der Waals surface area contributed by atoms with E-state index in [1.54, 1.807) is 0 Å². The molecule has 0 atom stereocenters. The molecule has 0 aliphatic carbocycles. The lowest BCUT2D eigenvalue weighted by Gasteiger charge is -2.26. The molecule has 1 aromatic rings. The summed E-state index contributed by atoms with van der Waals surface area (Å²) in [5, 5.41) is 2.87. The number of benzene rings is 1. The van der Waals surface area contributed by atoms with Gasteiger partial charge in [-0.2, -0.15) is 0 Å². The Bertz CT molecular complexity index is 491. The fourth-order valence-electron chi connectivity index (χ4n) is 2.58. The Labute approximate surface area is 147 Å². The molecule has 2 rings (SSSR count). The third-order valence-corrected chi connectivity index (χ3v) is 4.35. The maximum Gasteiger partial charge on any atom is 0.240 e. The second-order valence-electron chi connectivity index (χ2n) is 6.56. The molecule has 1 amide bonds. The first-order chi connectivity index (χ1) is 10.9. The number of carbonyl (C=O) groups excluding carboxylic acids is 1. The van der Waals surface area contributed by atoms with Gasteiger partial charge in [0.15, 0.2) is 0 Å². The van der Waals surface area contributed by atoms with Crippen LogP contribution in [0.25, 0.3) is 0 Å². The van der Waals surface area contributed by atoms with Gasteiger partial charge in [0.1, 0.15) is 5.75 Å². The fourth-order valence-corrected chi connectivity index (χ4v) is 2.67. The summed E-state index contributed by atoms with van der Waals surface area (Å²) >= 11 is 3.35. The van der Waals surface area contributed by atoms with Gasteiger partial charge in [0.05, 0.1) is 10.9 Å². The van der Waals surface area contributed by atoms with Crippen molar-refractivity contribution in [1.82, 2.24) is 4.90 Å². The summed E-state index contributed by atoms with van der Waals surface area (Å²) < 4.78 is 5.20. The van der Waals surface area contributed by atoms with E-state index in [1.165, 1.54) is 32.4 Å². The number of anilines is 1. The number of hydrogen-bond acceptors (Lipinski definition) is 3. The zero-order valence-electron chi connectivity index (χ0n) is 14.1. The Morgan fingerprint density at radius 2 is 1.87 bits per heavy atom. The molecule has 1 N–H and O–H groups in total. The quantitative estimate of drug-likeness (QED) is 0.571. The molecule has 4 nitrogen and oxygen atoms in total. The SMILES string of the molecule is CC(C)(Br)C(=O)Nc1ccc(OCCCN2CCCCC2)cc1. The van der Waals surface area contributed by atoms with Gasteiger partial charge in [-0.15, -0.1) is 0 Å². The Morgan fingerprint density at radius 3 is 2.48 bits per heavy atom. The average Bonchev–Trinajstić information content (AvgIpc) is 2.53. The molecule has 1 heterocycles. The number of ether oxygens (including phenoxy) is 1. The second-order valence-corrected chi connectivity index (χ2v) is 8.54. The molecule has 0 spiro atoms. The topological polar surface area (TPSA) is 41.6 Å². The zero-order valence-corrected chi connectivity index (χ0v) is 15.7. The van der Waals surface area contributed by atoms with Crippen molar-refractivity contribution in [3.8, 4) is 5.75 Å². The van der Waals surface area contributed by atoms with Gasteiger partial charge in [0, 0.05) is 12.2 Å². The molecule has 0 aromatic heterocycles. The number of rotatable bonds is 7. The molecule has 0 radical (unpaired) electrons. The first-order valence-corrected chi connectivity index (χ1v) is 9.20. The fraction of sp³-hybridized carbons (Fsp3) is 0.611. The third kappa shape index (κ3) is 6.51. The van der Waals surface area contributed by atoms with E-state index in [0.29, 0.717) is 0 Å². The van der Waals surface area contributed by atoms with Crippen LogP contribution in [0.15, 0.2) is 24.3 Å². The summed E-state index contributed by atoms with van der Waals surface area (Å²) in [6.07, 6.45) is 5.09. The van der Waals surface area contributed by atoms with Gasteiger partial charge >= 0.3 is 0 Å². The van der Waals surface area contributed by atoms with Gasteiger partial charge in [0.2, 0.25) is 5.91 Å². The van der Waals surface area contributed by atoms with Crippen molar-refractivity contribution < 1.29 is 9.53 Å². The lowest BCUT2D eigenvalue weighted by atomic mass is 10.1.